The zero-order valence-electron chi connectivity index (χ0n) is 16.0. The summed E-state index contributed by atoms with van der Waals surface area (Å²) in [6.07, 6.45) is 1.74. The molecule has 0 unspecified atom stereocenters. The van der Waals surface area contributed by atoms with Crippen molar-refractivity contribution < 1.29 is 44.7 Å². The Balaban J connectivity index is 0.00000169. The van der Waals surface area contributed by atoms with Crippen molar-refractivity contribution in [1.29, 1.82) is 0 Å². The molecule has 1 N–H and O–H groups in total. The fourth-order valence-electron chi connectivity index (χ4n) is 2.61. The maximum Gasteiger partial charge on any atom is 1.00 e. The Hall–Kier alpha value is -1.41. The summed E-state index contributed by atoms with van der Waals surface area (Å²) in [5, 5.41) is 0.430. The van der Waals surface area contributed by atoms with E-state index in [1.165, 1.54) is 0 Å². The van der Waals surface area contributed by atoms with E-state index in [2.05, 4.69) is 15.0 Å². The quantitative estimate of drug-likeness (QED) is 0.642. The van der Waals surface area contributed by atoms with Crippen molar-refractivity contribution >= 4 is 21.8 Å². The SMILES string of the molecule is COc1ccc2nc([S@](=O)Cc3ncc(C)c(OC)c3C)[nH]c2c1.[H-].[Na+]. The molecule has 3 rings (SSSR count). The van der Waals surface area contributed by atoms with Gasteiger partial charge in [-0.1, -0.05) is 0 Å². The van der Waals surface area contributed by atoms with Crippen molar-refractivity contribution in [3.05, 3.63) is 41.2 Å². The van der Waals surface area contributed by atoms with Crippen LogP contribution >= 0.6 is 0 Å². The van der Waals surface area contributed by atoms with Gasteiger partial charge in [0.25, 0.3) is 0 Å². The minimum Gasteiger partial charge on any atom is -1.00 e. The zero-order valence-corrected chi connectivity index (χ0v) is 17.9. The molecule has 2 heterocycles. The van der Waals surface area contributed by atoms with Crippen molar-refractivity contribution in [2.75, 3.05) is 14.2 Å². The van der Waals surface area contributed by atoms with Gasteiger partial charge in [0.2, 0.25) is 0 Å². The fraction of sp³-hybridized carbons (Fsp3) is 0.294. The number of ether oxygens (including phenoxy) is 2. The third-order valence-corrected chi connectivity index (χ3v) is 5.06. The molecule has 0 bridgehead atoms. The maximum atomic E-state index is 12.7. The smallest absolute Gasteiger partial charge is 1.00 e. The molecule has 0 aliphatic heterocycles. The van der Waals surface area contributed by atoms with E-state index >= 15 is 0 Å². The van der Waals surface area contributed by atoms with Gasteiger partial charge in [-0.05, 0) is 26.0 Å². The molecule has 0 aliphatic rings. The van der Waals surface area contributed by atoms with Crippen LogP contribution in [0, 0.1) is 13.8 Å². The van der Waals surface area contributed by atoms with Crippen molar-refractivity contribution in [3.63, 3.8) is 0 Å². The van der Waals surface area contributed by atoms with Gasteiger partial charge in [-0.25, -0.2) is 4.98 Å². The number of aromatic amines is 1. The van der Waals surface area contributed by atoms with Gasteiger partial charge in [-0.3, -0.25) is 9.19 Å². The molecule has 0 amide bonds. The topological polar surface area (TPSA) is 77.1 Å². The van der Waals surface area contributed by atoms with E-state index < -0.39 is 10.8 Å². The van der Waals surface area contributed by atoms with Crippen LogP contribution in [0.2, 0.25) is 0 Å². The standard InChI is InChI=1S/C17H19N3O3S.Na.H/c1-10-8-18-15(11(2)16(10)23-4)9-24(21)17-19-13-6-5-12(22-3)7-14(13)20-17;;/h5-8H,9H2,1-4H3,(H,19,20);;/q;+1;-1/t24-;;/m1../s1. The predicted octanol–water partition coefficient (Wildman–Crippen LogP) is 0.0162. The monoisotopic (exact) mass is 369 g/mol. The van der Waals surface area contributed by atoms with E-state index in [4.69, 9.17) is 9.47 Å². The zero-order chi connectivity index (χ0) is 17.3. The predicted molar refractivity (Wildman–Crippen MR) is 94.1 cm³/mol. The van der Waals surface area contributed by atoms with Crippen LogP contribution in [0.3, 0.4) is 0 Å². The normalized spacial score (nSPS) is 11.8. The van der Waals surface area contributed by atoms with E-state index in [1.54, 1.807) is 20.4 Å². The molecule has 0 fully saturated rings. The Morgan fingerprint density at radius 3 is 2.68 bits per heavy atom. The van der Waals surface area contributed by atoms with Gasteiger partial charge in [0, 0.05) is 23.4 Å². The number of aryl methyl sites for hydroxylation is 1. The number of rotatable bonds is 5. The number of fused-ring (bicyclic) bond motifs is 1. The Kier molecular flexibility index (Phi) is 6.62. The molecular weight excluding hydrogens is 349 g/mol. The summed E-state index contributed by atoms with van der Waals surface area (Å²) in [6, 6.07) is 5.50. The molecule has 2 aromatic heterocycles. The Morgan fingerprint density at radius 2 is 2.00 bits per heavy atom. The van der Waals surface area contributed by atoms with Crippen LogP contribution in [-0.4, -0.2) is 33.4 Å². The van der Waals surface area contributed by atoms with Crippen molar-refractivity contribution in [2.24, 2.45) is 0 Å². The van der Waals surface area contributed by atoms with E-state index in [0.29, 0.717) is 5.16 Å². The van der Waals surface area contributed by atoms with Gasteiger partial charge in [0.05, 0.1) is 47.5 Å². The molecule has 0 aliphatic carbocycles. The molecule has 1 aromatic carbocycles. The number of hydrogen-bond donors (Lipinski definition) is 1. The summed E-state index contributed by atoms with van der Waals surface area (Å²) in [4.78, 5) is 11.9. The molecule has 0 radical (unpaired) electrons. The van der Waals surface area contributed by atoms with E-state index in [-0.39, 0.29) is 36.7 Å². The first-order valence-corrected chi connectivity index (χ1v) is 8.76. The summed E-state index contributed by atoms with van der Waals surface area (Å²) in [7, 11) is 1.91. The molecule has 0 saturated heterocycles. The van der Waals surface area contributed by atoms with Crippen LogP contribution < -0.4 is 39.0 Å². The molecule has 8 heteroatoms. The molecule has 0 spiro atoms. The Bertz CT molecular complexity index is 933. The van der Waals surface area contributed by atoms with Crippen molar-refractivity contribution in [2.45, 2.75) is 24.8 Å². The number of benzene rings is 1. The second-order valence-corrected chi connectivity index (χ2v) is 6.83. The maximum absolute atomic E-state index is 12.7. The third-order valence-electron chi connectivity index (χ3n) is 3.90. The van der Waals surface area contributed by atoms with Crippen molar-refractivity contribution in [3.8, 4) is 11.5 Å². The molecular formula is C17H20N3NaO3S. The summed E-state index contributed by atoms with van der Waals surface area (Å²) in [5.74, 6) is 1.79. The summed E-state index contributed by atoms with van der Waals surface area (Å²) >= 11 is 0. The minimum atomic E-state index is -1.33. The molecule has 3 aromatic rings. The average molecular weight is 369 g/mol. The number of aromatic nitrogens is 3. The van der Waals surface area contributed by atoms with E-state index in [9.17, 15) is 4.21 Å². The van der Waals surface area contributed by atoms with Gasteiger partial charge >= 0.3 is 29.6 Å². The number of pyridine rings is 1. The Morgan fingerprint density at radius 1 is 1.24 bits per heavy atom. The van der Waals surface area contributed by atoms with Gasteiger partial charge < -0.3 is 15.9 Å². The van der Waals surface area contributed by atoms with Gasteiger partial charge in [-0.2, -0.15) is 0 Å². The number of methoxy groups -OCH3 is 2. The van der Waals surface area contributed by atoms with Crippen LogP contribution in [0.4, 0.5) is 0 Å². The number of nitrogens with zero attached hydrogens (tertiary/aromatic N) is 2. The van der Waals surface area contributed by atoms with E-state index in [1.807, 2.05) is 32.0 Å². The first-order chi connectivity index (χ1) is 11.5. The second kappa shape index (κ2) is 8.31. The van der Waals surface area contributed by atoms with E-state index in [0.717, 1.165) is 39.4 Å². The summed E-state index contributed by atoms with van der Waals surface area (Å²) in [6.45, 7) is 3.86. The minimum absolute atomic E-state index is 0. The van der Waals surface area contributed by atoms with Crippen LogP contribution in [-0.2, 0) is 16.6 Å². The molecule has 25 heavy (non-hydrogen) atoms. The average Bonchev–Trinajstić information content (AvgIpc) is 3.01. The number of imidazole rings is 1. The first kappa shape index (κ1) is 19.9. The third kappa shape index (κ3) is 4.06. The van der Waals surface area contributed by atoms with Crippen LogP contribution in [0.25, 0.3) is 11.0 Å². The number of nitrogens with one attached hydrogen (secondary N) is 1. The Labute approximate surface area is 172 Å². The first-order valence-electron chi connectivity index (χ1n) is 7.44. The number of H-pyrrole nitrogens is 1. The second-order valence-electron chi connectivity index (χ2n) is 5.46. The van der Waals surface area contributed by atoms with Gasteiger partial charge in [0.15, 0.2) is 5.16 Å². The van der Waals surface area contributed by atoms with Crippen LogP contribution in [0.5, 0.6) is 11.5 Å². The molecule has 0 saturated carbocycles. The largest absolute Gasteiger partial charge is 1.00 e. The van der Waals surface area contributed by atoms with Gasteiger partial charge in [-0.15, -0.1) is 0 Å². The van der Waals surface area contributed by atoms with Gasteiger partial charge in [0.1, 0.15) is 11.5 Å². The summed E-state index contributed by atoms with van der Waals surface area (Å²) < 4.78 is 23.3. The number of hydrogen-bond acceptors (Lipinski definition) is 5. The van der Waals surface area contributed by atoms with Crippen molar-refractivity contribution in [1.82, 2.24) is 15.0 Å². The fourth-order valence-corrected chi connectivity index (χ4v) is 3.71. The molecule has 1 atom stereocenters. The summed E-state index contributed by atoms with van der Waals surface area (Å²) in [5.41, 5.74) is 4.16. The molecule has 128 valence electrons. The van der Waals surface area contributed by atoms with Crippen LogP contribution in [0.1, 0.15) is 18.2 Å². The van der Waals surface area contributed by atoms with Crippen LogP contribution in [0.15, 0.2) is 29.6 Å². The molecule has 6 nitrogen and oxygen atoms in total.